The SMILES string of the molecule is Cc1cscc1C(C)CBr. The van der Waals surface area contributed by atoms with Crippen molar-refractivity contribution in [3.63, 3.8) is 0 Å². The minimum Gasteiger partial charge on any atom is -0.152 e. The quantitative estimate of drug-likeness (QED) is 0.667. The van der Waals surface area contributed by atoms with Crippen molar-refractivity contribution in [2.75, 3.05) is 5.33 Å². The summed E-state index contributed by atoms with van der Waals surface area (Å²) in [4.78, 5) is 0. The monoisotopic (exact) mass is 218 g/mol. The second-order valence-corrected chi connectivity index (χ2v) is 3.96. The molecule has 0 aliphatic carbocycles. The predicted octanol–water partition coefficient (Wildman–Crippen LogP) is 3.55. The molecule has 0 saturated heterocycles. The Morgan fingerprint density at radius 2 is 2.30 bits per heavy atom. The molecule has 0 fully saturated rings. The van der Waals surface area contributed by atoms with E-state index in [0.29, 0.717) is 5.92 Å². The average molecular weight is 219 g/mol. The summed E-state index contributed by atoms with van der Waals surface area (Å²) in [7, 11) is 0. The van der Waals surface area contributed by atoms with Crippen LogP contribution in [0, 0.1) is 6.92 Å². The molecule has 0 aromatic carbocycles. The lowest BCUT2D eigenvalue weighted by molar-refractivity contribution is 0.884. The van der Waals surface area contributed by atoms with E-state index < -0.39 is 0 Å². The van der Waals surface area contributed by atoms with Gasteiger partial charge >= 0.3 is 0 Å². The minimum absolute atomic E-state index is 0.659. The lowest BCUT2D eigenvalue weighted by atomic mass is 10.0. The van der Waals surface area contributed by atoms with Gasteiger partial charge in [-0.15, -0.1) is 0 Å². The third-order valence-corrected chi connectivity index (χ3v) is 3.51. The van der Waals surface area contributed by atoms with Gasteiger partial charge in [0.1, 0.15) is 0 Å². The third-order valence-electron chi connectivity index (χ3n) is 1.66. The van der Waals surface area contributed by atoms with Gasteiger partial charge < -0.3 is 0 Å². The Bertz CT molecular complexity index is 205. The van der Waals surface area contributed by atoms with Crippen LogP contribution in [0.2, 0.25) is 0 Å². The maximum Gasteiger partial charge on any atom is 0.00979 e. The molecule has 10 heavy (non-hydrogen) atoms. The average Bonchev–Trinajstić information content (AvgIpc) is 2.34. The molecule has 0 aliphatic heterocycles. The van der Waals surface area contributed by atoms with Crippen molar-refractivity contribution in [1.29, 1.82) is 0 Å². The molecular weight excluding hydrogens is 208 g/mol. The van der Waals surface area contributed by atoms with E-state index in [1.54, 1.807) is 11.3 Å². The molecule has 0 amide bonds. The maximum atomic E-state index is 3.47. The van der Waals surface area contributed by atoms with Gasteiger partial charge in [0.2, 0.25) is 0 Å². The van der Waals surface area contributed by atoms with Crippen molar-refractivity contribution in [1.82, 2.24) is 0 Å². The fourth-order valence-corrected chi connectivity index (χ4v) is 2.28. The van der Waals surface area contributed by atoms with E-state index in [1.807, 2.05) is 0 Å². The molecular formula is C8H11BrS. The Hall–Kier alpha value is 0.180. The Morgan fingerprint density at radius 3 is 2.70 bits per heavy atom. The van der Waals surface area contributed by atoms with Crippen molar-refractivity contribution < 1.29 is 0 Å². The largest absolute Gasteiger partial charge is 0.152 e. The zero-order valence-corrected chi connectivity index (χ0v) is 8.63. The molecule has 0 radical (unpaired) electrons. The molecule has 1 unspecified atom stereocenters. The van der Waals surface area contributed by atoms with Gasteiger partial charge in [0, 0.05) is 5.33 Å². The standard InChI is InChI=1S/C8H11BrS/c1-6(3-9)8-5-10-4-7(8)2/h4-6H,3H2,1-2H3. The van der Waals surface area contributed by atoms with Crippen molar-refractivity contribution >= 4 is 27.3 Å². The van der Waals surface area contributed by atoms with E-state index in [-0.39, 0.29) is 0 Å². The summed E-state index contributed by atoms with van der Waals surface area (Å²) in [5.74, 6) is 0.659. The first kappa shape index (κ1) is 8.28. The number of hydrogen-bond donors (Lipinski definition) is 0. The van der Waals surface area contributed by atoms with Crippen LogP contribution in [0.4, 0.5) is 0 Å². The Kier molecular flexibility index (Phi) is 2.93. The molecule has 0 spiro atoms. The summed E-state index contributed by atoms with van der Waals surface area (Å²) < 4.78 is 0. The second-order valence-electron chi connectivity index (χ2n) is 2.57. The summed E-state index contributed by atoms with van der Waals surface area (Å²) in [5, 5.41) is 5.50. The molecule has 1 aromatic rings. The first-order valence-corrected chi connectivity index (χ1v) is 5.40. The Morgan fingerprint density at radius 1 is 1.60 bits per heavy atom. The minimum atomic E-state index is 0.659. The molecule has 0 aliphatic rings. The number of alkyl halides is 1. The first-order chi connectivity index (χ1) is 4.75. The zero-order chi connectivity index (χ0) is 7.56. The van der Waals surface area contributed by atoms with Crippen LogP contribution < -0.4 is 0 Å². The van der Waals surface area contributed by atoms with Gasteiger partial charge in [0.25, 0.3) is 0 Å². The van der Waals surface area contributed by atoms with Crippen LogP contribution in [0.5, 0.6) is 0 Å². The van der Waals surface area contributed by atoms with Crippen LogP contribution in [-0.4, -0.2) is 5.33 Å². The van der Waals surface area contributed by atoms with Gasteiger partial charge in [-0.1, -0.05) is 22.9 Å². The van der Waals surface area contributed by atoms with E-state index >= 15 is 0 Å². The molecule has 0 saturated carbocycles. The van der Waals surface area contributed by atoms with Gasteiger partial charge in [-0.25, -0.2) is 0 Å². The summed E-state index contributed by atoms with van der Waals surface area (Å²) in [6.07, 6.45) is 0. The van der Waals surface area contributed by atoms with E-state index in [0.717, 1.165) is 5.33 Å². The second kappa shape index (κ2) is 3.54. The van der Waals surface area contributed by atoms with Crippen LogP contribution in [0.1, 0.15) is 24.0 Å². The lowest BCUT2D eigenvalue weighted by Crippen LogP contribution is -1.93. The zero-order valence-electron chi connectivity index (χ0n) is 6.23. The topological polar surface area (TPSA) is 0 Å². The molecule has 56 valence electrons. The molecule has 1 heterocycles. The molecule has 1 rings (SSSR count). The summed E-state index contributed by atoms with van der Waals surface area (Å²) in [6.45, 7) is 4.41. The fraction of sp³-hybridized carbons (Fsp3) is 0.500. The maximum absolute atomic E-state index is 3.47. The van der Waals surface area contributed by atoms with Crippen LogP contribution in [0.3, 0.4) is 0 Å². The van der Waals surface area contributed by atoms with Crippen molar-refractivity contribution in [2.24, 2.45) is 0 Å². The Balaban J connectivity index is 2.82. The predicted molar refractivity (Wildman–Crippen MR) is 51.3 cm³/mol. The number of aryl methyl sites for hydroxylation is 1. The Labute approximate surface area is 74.4 Å². The smallest absolute Gasteiger partial charge is 0.00979 e. The number of hydrogen-bond acceptors (Lipinski definition) is 1. The third kappa shape index (κ3) is 1.61. The normalized spacial score (nSPS) is 13.5. The molecule has 0 nitrogen and oxygen atoms in total. The van der Waals surface area contributed by atoms with Gasteiger partial charge in [-0.3, -0.25) is 0 Å². The summed E-state index contributed by atoms with van der Waals surface area (Å²) >= 11 is 5.26. The highest BCUT2D eigenvalue weighted by molar-refractivity contribution is 9.09. The summed E-state index contributed by atoms with van der Waals surface area (Å²) in [5.41, 5.74) is 2.92. The van der Waals surface area contributed by atoms with Crippen LogP contribution >= 0.6 is 27.3 Å². The number of rotatable bonds is 2. The lowest BCUT2D eigenvalue weighted by Gasteiger charge is -2.05. The van der Waals surface area contributed by atoms with E-state index in [4.69, 9.17) is 0 Å². The first-order valence-electron chi connectivity index (χ1n) is 3.34. The molecule has 1 aromatic heterocycles. The van der Waals surface area contributed by atoms with Crippen LogP contribution in [-0.2, 0) is 0 Å². The van der Waals surface area contributed by atoms with E-state index in [1.165, 1.54) is 11.1 Å². The van der Waals surface area contributed by atoms with Gasteiger partial charge in [0.15, 0.2) is 0 Å². The van der Waals surface area contributed by atoms with Crippen molar-refractivity contribution in [2.45, 2.75) is 19.8 Å². The van der Waals surface area contributed by atoms with Crippen LogP contribution in [0.25, 0.3) is 0 Å². The number of thiophene rings is 1. The fourth-order valence-electron chi connectivity index (χ4n) is 0.958. The highest BCUT2D eigenvalue weighted by Crippen LogP contribution is 2.24. The molecule has 1 atom stereocenters. The van der Waals surface area contributed by atoms with Crippen molar-refractivity contribution in [3.8, 4) is 0 Å². The van der Waals surface area contributed by atoms with Gasteiger partial charge in [-0.05, 0) is 34.7 Å². The van der Waals surface area contributed by atoms with Gasteiger partial charge in [0.05, 0.1) is 0 Å². The highest BCUT2D eigenvalue weighted by Gasteiger charge is 2.06. The highest BCUT2D eigenvalue weighted by atomic mass is 79.9. The number of halogens is 1. The molecule has 0 bridgehead atoms. The molecule has 0 N–H and O–H groups in total. The molecule has 2 heteroatoms. The summed E-state index contributed by atoms with van der Waals surface area (Å²) in [6, 6.07) is 0. The van der Waals surface area contributed by atoms with E-state index in [9.17, 15) is 0 Å². The van der Waals surface area contributed by atoms with E-state index in [2.05, 4.69) is 40.5 Å². The van der Waals surface area contributed by atoms with Crippen LogP contribution in [0.15, 0.2) is 10.8 Å². The van der Waals surface area contributed by atoms with Gasteiger partial charge in [-0.2, -0.15) is 11.3 Å². The van der Waals surface area contributed by atoms with Crippen molar-refractivity contribution in [3.05, 3.63) is 21.9 Å².